The molecule has 0 saturated heterocycles. The number of esters is 1. The number of halogens is 1. The predicted molar refractivity (Wildman–Crippen MR) is 87.5 cm³/mol. The molecule has 2 N–H and O–H groups in total. The number of carbonyl (C=O) groups excluding carboxylic acids is 1. The predicted octanol–water partition coefficient (Wildman–Crippen LogP) is 4.10. The van der Waals surface area contributed by atoms with Gasteiger partial charge in [0.1, 0.15) is 12.3 Å². The number of rotatable bonds is 4. The number of nitrogens with two attached hydrogens (primary N) is 1. The molecule has 112 valence electrons. The molecule has 0 spiro atoms. The summed E-state index contributed by atoms with van der Waals surface area (Å²) in [6.07, 6.45) is 0. The van der Waals surface area contributed by atoms with E-state index >= 15 is 0 Å². The summed E-state index contributed by atoms with van der Waals surface area (Å²) in [5.41, 5.74) is 7.00. The van der Waals surface area contributed by atoms with Crippen LogP contribution < -0.4 is 5.73 Å². The highest BCUT2D eigenvalue weighted by atomic mass is 79.9. The fraction of sp³-hybridized carbons (Fsp3) is 0.0667. The van der Waals surface area contributed by atoms with Crippen LogP contribution in [-0.2, 0) is 11.3 Å². The average molecular weight is 379 g/mol. The third kappa shape index (κ3) is 3.20. The van der Waals surface area contributed by atoms with Crippen molar-refractivity contribution in [2.24, 2.45) is 0 Å². The van der Waals surface area contributed by atoms with E-state index in [4.69, 9.17) is 15.0 Å². The third-order valence-electron chi connectivity index (χ3n) is 2.91. The minimum atomic E-state index is -0.500. The van der Waals surface area contributed by atoms with Crippen LogP contribution in [0.15, 0.2) is 50.8 Å². The molecule has 2 heterocycles. The zero-order valence-corrected chi connectivity index (χ0v) is 13.7. The SMILES string of the molecule is Nc1ccc(Br)cc1C(=O)OCc1cc(-c2cccs2)on1. The molecule has 1 aromatic carbocycles. The Morgan fingerprint density at radius 1 is 1.36 bits per heavy atom. The minimum absolute atomic E-state index is 0.0274. The van der Waals surface area contributed by atoms with Crippen molar-refractivity contribution in [1.29, 1.82) is 0 Å². The number of carbonyl (C=O) groups is 1. The molecule has 5 nitrogen and oxygen atoms in total. The average Bonchev–Trinajstić information content (AvgIpc) is 3.17. The lowest BCUT2D eigenvalue weighted by Crippen LogP contribution is -2.08. The Labute approximate surface area is 138 Å². The van der Waals surface area contributed by atoms with Gasteiger partial charge in [-0.25, -0.2) is 4.79 Å². The fourth-order valence-corrected chi connectivity index (χ4v) is 2.87. The lowest BCUT2D eigenvalue weighted by atomic mass is 10.2. The first-order chi connectivity index (χ1) is 10.6. The molecule has 0 atom stereocenters. The molecule has 0 aliphatic carbocycles. The van der Waals surface area contributed by atoms with Crippen LogP contribution in [0.5, 0.6) is 0 Å². The van der Waals surface area contributed by atoms with E-state index in [1.807, 2.05) is 17.5 Å². The van der Waals surface area contributed by atoms with Gasteiger partial charge in [0, 0.05) is 16.2 Å². The summed E-state index contributed by atoms with van der Waals surface area (Å²) in [5.74, 6) is 0.155. The Hall–Kier alpha value is -2.12. The molecule has 0 aliphatic heterocycles. The first-order valence-corrected chi connectivity index (χ1v) is 8.02. The molecule has 3 rings (SSSR count). The van der Waals surface area contributed by atoms with Gasteiger partial charge in [0.15, 0.2) is 5.76 Å². The van der Waals surface area contributed by atoms with E-state index in [9.17, 15) is 4.79 Å². The molecule has 7 heteroatoms. The number of thiophene rings is 1. The van der Waals surface area contributed by atoms with Crippen LogP contribution in [0.1, 0.15) is 16.1 Å². The van der Waals surface area contributed by atoms with Gasteiger partial charge >= 0.3 is 5.97 Å². The number of nitrogens with zero attached hydrogens (tertiary/aromatic N) is 1. The molecule has 0 bridgehead atoms. The highest BCUT2D eigenvalue weighted by Crippen LogP contribution is 2.25. The van der Waals surface area contributed by atoms with Gasteiger partial charge in [0.2, 0.25) is 0 Å². The number of anilines is 1. The van der Waals surface area contributed by atoms with Gasteiger partial charge in [0.05, 0.1) is 10.4 Å². The maximum atomic E-state index is 12.0. The number of aromatic nitrogens is 1. The molecular weight excluding hydrogens is 368 g/mol. The number of hydrogen-bond acceptors (Lipinski definition) is 6. The lowest BCUT2D eigenvalue weighted by Gasteiger charge is -2.05. The summed E-state index contributed by atoms with van der Waals surface area (Å²) < 4.78 is 11.2. The van der Waals surface area contributed by atoms with Crippen molar-refractivity contribution in [2.75, 3.05) is 5.73 Å². The summed E-state index contributed by atoms with van der Waals surface area (Å²) in [7, 11) is 0. The van der Waals surface area contributed by atoms with Crippen molar-refractivity contribution in [3.63, 3.8) is 0 Å². The molecule has 0 amide bonds. The van der Waals surface area contributed by atoms with E-state index < -0.39 is 5.97 Å². The van der Waals surface area contributed by atoms with Crippen LogP contribution in [-0.4, -0.2) is 11.1 Å². The van der Waals surface area contributed by atoms with Gasteiger partial charge in [-0.15, -0.1) is 11.3 Å². The van der Waals surface area contributed by atoms with Gasteiger partial charge in [-0.2, -0.15) is 0 Å². The first-order valence-electron chi connectivity index (χ1n) is 6.35. The van der Waals surface area contributed by atoms with E-state index in [1.54, 1.807) is 35.6 Å². The van der Waals surface area contributed by atoms with Crippen molar-refractivity contribution in [1.82, 2.24) is 5.16 Å². The third-order valence-corrected chi connectivity index (χ3v) is 4.29. The number of nitrogen functional groups attached to an aromatic ring is 1. The normalized spacial score (nSPS) is 10.6. The first kappa shape index (κ1) is 14.8. The second kappa shape index (κ2) is 6.33. The van der Waals surface area contributed by atoms with E-state index in [1.165, 1.54) is 0 Å². The van der Waals surface area contributed by atoms with E-state index in [2.05, 4.69) is 21.1 Å². The zero-order chi connectivity index (χ0) is 15.5. The highest BCUT2D eigenvalue weighted by Gasteiger charge is 2.14. The second-order valence-corrected chi connectivity index (χ2v) is 6.33. The molecule has 2 aromatic heterocycles. The van der Waals surface area contributed by atoms with Crippen molar-refractivity contribution in [3.05, 3.63) is 57.5 Å². The second-order valence-electron chi connectivity index (χ2n) is 4.47. The Bertz CT molecular complexity index is 799. The number of hydrogen-bond donors (Lipinski definition) is 1. The number of ether oxygens (including phenoxy) is 1. The summed E-state index contributed by atoms with van der Waals surface area (Å²) >= 11 is 4.85. The van der Waals surface area contributed by atoms with Crippen molar-refractivity contribution < 1.29 is 14.1 Å². The standard InChI is InChI=1S/C15H11BrN2O3S/c16-9-3-4-12(17)11(6-9)15(19)20-8-10-7-13(21-18-10)14-2-1-5-22-14/h1-7H,8,17H2. The van der Waals surface area contributed by atoms with E-state index in [0.29, 0.717) is 22.7 Å². The maximum absolute atomic E-state index is 12.0. The minimum Gasteiger partial charge on any atom is -0.455 e. The molecule has 0 unspecified atom stereocenters. The highest BCUT2D eigenvalue weighted by molar-refractivity contribution is 9.10. The van der Waals surface area contributed by atoms with Crippen molar-refractivity contribution in [2.45, 2.75) is 6.61 Å². The zero-order valence-electron chi connectivity index (χ0n) is 11.3. The molecular formula is C15H11BrN2O3S. The molecule has 0 aliphatic rings. The molecule has 0 saturated carbocycles. The van der Waals surface area contributed by atoms with Crippen LogP contribution >= 0.6 is 27.3 Å². The Morgan fingerprint density at radius 3 is 3.00 bits per heavy atom. The largest absolute Gasteiger partial charge is 0.455 e. The van der Waals surface area contributed by atoms with Crippen LogP contribution in [0.25, 0.3) is 10.6 Å². The summed E-state index contributed by atoms with van der Waals surface area (Å²) in [4.78, 5) is 13.0. The maximum Gasteiger partial charge on any atom is 0.340 e. The summed E-state index contributed by atoms with van der Waals surface area (Å²) in [6.45, 7) is 0.0274. The molecule has 0 fully saturated rings. The van der Waals surface area contributed by atoms with Crippen LogP contribution in [0.2, 0.25) is 0 Å². The van der Waals surface area contributed by atoms with Crippen LogP contribution in [0.4, 0.5) is 5.69 Å². The van der Waals surface area contributed by atoms with Gasteiger partial charge in [0.25, 0.3) is 0 Å². The van der Waals surface area contributed by atoms with Gasteiger partial charge in [-0.05, 0) is 29.6 Å². The van der Waals surface area contributed by atoms with Gasteiger partial charge < -0.3 is 15.0 Å². The quantitative estimate of drug-likeness (QED) is 0.545. The van der Waals surface area contributed by atoms with Crippen molar-refractivity contribution in [3.8, 4) is 10.6 Å². The van der Waals surface area contributed by atoms with Crippen LogP contribution in [0.3, 0.4) is 0 Å². The van der Waals surface area contributed by atoms with Crippen molar-refractivity contribution >= 4 is 38.9 Å². The Balaban J connectivity index is 1.67. The lowest BCUT2D eigenvalue weighted by molar-refractivity contribution is 0.0465. The monoisotopic (exact) mass is 378 g/mol. The van der Waals surface area contributed by atoms with E-state index in [-0.39, 0.29) is 6.61 Å². The molecule has 22 heavy (non-hydrogen) atoms. The fourth-order valence-electron chi connectivity index (χ4n) is 1.84. The number of benzene rings is 1. The van der Waals surface area contributed by atoms with Gasteiger partial charge in [-0.3, -0.25) is 0 Å². The Kier molecular flexibility index (Phi) is 4.26. The van der Waals surface area contributed by atoms with E-state index in [0.717, 1.165) is 9.35 Å². The van der Waals surface area contributed by atoms with Gasteiger partial charge in [-0.1, -0.05) is 27.2 Å². The van der Waals surface area contributed by atoms with Crippen LogP contribution in [0, 0.1) is 0 Å². The smallest absolute Gasteiger partial charge is 0.340 e. The summed E-state index contributed by atoms with van der Waals surface area (Å²) in [6, 6.07) is 10.6. The molecule has 0 radical (unpaired) electrons. The molecule has 3 aromatic rings. The summed E-state index contributed by atoms with van der Waals surface area (Å²) in [5, 5.41) is 5.84. The topological polar surface area (TPSA) is 78.4 Å². The Morgan fingerprint density at radius 2 is 2.23 bits per heavy atom.